The predicted molar refractivity (Wildman–Crippen MR) is 43.8 cm³/mol. The highest BCUT2D eigenvalue weighted by Gasteiger charge is 2.38. The number of aromatic nitrogens is 2. The average Bonchev–Trinajstić information content (AvgIpc) is 2.28. The molecule has 1 N–H and O–H groups in total. The second kappa shape index (κ2) is 3.61. The fourth-order valence-electron chi connectivity index (χ4n) is 1.13. The molecule has 1 aromatic rings. The van der Waals surface area contributed by atoms with Crippen molar-refractivity contribution in [1.29, 1.82) is 0 Å². The van der Waals surface area contributed by atoms with Gasteiger partial charge in [0, 0.05) is 5.69 Å². The number of aryl methyl sites for hydroxylation is 2. The summed E-state index contributed by atoms with van der Waals surface area (Å²) in [5.74, 6) is 0. The molecule has 1 atom stereocenters. The number of hydrogen-bond acceptors (Lipinski definition) is 2. The Balaban J connectivity index is 2.74. The number of nitrogens with zero attached hydrogens (tertiary/aromatic N) is 2. The molecule has 1 heterocycles. The van der Waals surface area contributed by atoms with E-state index in [4.69, 9.17) is 5.11 Å². The molecule has 0 aliphatic heterocycles. The molecule has 14 heavy (non-hydrogen) atoms. The van der Waals surface area contributed by atoms with Crippen molar-refractivity contribution in [3.63, 3.8) is 0 Å². The third-order valence-corrected chi connectivity index (χ3v) is 1.83. The summed E-state index contributed by atoms with van der Waals surface area (Å²) in [5.41, 5.74) is 1.24. The van der Waals surface area contributed by atoms with Crippen LogP contribution in [-0.2, 0) is 6.54 Å². The minimum Gasteiger partial charge on any atom is -0.382 e. The first-order chi connectivity index (χ1) is 6.30. The lowest BCUT2D eigenvalue weighted by Crippen LogP contribution is -2.33. The van der Waals surface area contributed by atoms with Crippen LogP contribution >= 0.6 is 0 Å². The van der Waals surface area contributed by atoms with Crippen LogP contribution in [0.3, 0.4) is 0 Å². The van der Waals surface area contributed by atoms with Crippen molar-refractivity contribution in [2.75, 3.05) is 0 Å². The summed E-state index contributed by atoms with van der Waals surface area (Å²) in [6, 6.07) is 1.66. The van der Waals surface area contributed by atoms with Crippen LogP contribution in [0, 0.1) is 13.8 Å². The summed E-state index contributed by atoms with van der Waals surface area (Å²) < 4.78 is 37.1. The molecule has 0 aromatic carbocycles. The van der Waals surface area contributed by atoms with Crippen molar-refractivity contribution < 1.29 is 18.3 Å². The van der Waals surface area contributed by atoms with E-state index in [1.807, 2.05) is 0 Å². The van der Waals surface area contributed by atoms with Crippen molar-refractivity contribution in [3.05, 3.63) is 17.5 Å². The van der Waals surface area contributed by atoms with Gasteiger partial charge in [-0.15, -0.1) is 0 Å². The van der Waals surface area contributed by atoms with E-state index in [9.17, 15) is 13.2 Å². The summed E-state index contributed by atoms with van der Waals surface area (Å²) in [7, 11) is 0. The Labute approximate surface area is 79.2 Å². The molecule has 80 valence electrons. The third-order valence-electron chi connectivity index (χ3n) is 1.83. The zero-order valence-corrected chi connectivity index (χ0v) is 7.84. The van der Waals surface area contributed by atoms with Gasteiger partial charge in [-0.25, -0.2) is 0 Å². The van der Waals surface area contributed by atoms with Crippen LogP contribution in [0.1, 0.15) is 11.4 Å². The van der Waals surface area contributed by atoms with Gasteiger partial charge >= 0.3 is 6.18 Å². The van der Waals surface area contributed by atoms with Gasteiger partial charge in [0.25, 0.3) is 0 Å². The normalized spacial score (nSPS) is 14.4. The fraction of sp³-hybridized carbons (Fsp3) is 0.625. The highest BCUT2D eigenvalue weighted by molar-refractivity contribution is 5.06. The van der Waals surface area contributed by atoms with Gasteiger partial charge in [-0.3, -0.25) is 4.68 Å². The van der Waals surface area contributed by atoms with E-state index >= 15 is 0 Å². The molecule has 1 aromatic heterocycles. The van der Waals surface area contributed by atoms with Crippen molar-refractivity contribution in [2.45, 2.75) is 32.7 Å². The first kappa shape index (κ1) is 11.0. The summed E-state index contributed by atoms with van der Waals surface area (Å²) in [6.07, 6.45) is -6.95. The molecule has 0 amide bonds. The first-order valence-corrected chi connectivity index (χ1v) is 4.06. The Morgan fingerprint density at radius 3 is 2.43 bits per heavy atom. The van der Waals surface area contributed by atoms with Crippen molar-refractivity contribution in [2.24, 2.45) is 0 Å². The molecule has 6 heteroatoms. The number of halogens is 3. The van der Waals surface area contributed by atoms with Crippen LogP contribution in [0.2, 0.25) is 0 Å². The predicted octanol–water partition coefficient (Wildman–Crippen LogP) is 1.42. The Bertz CT molecular complexity index is 319. The Hall–Kier alpha value is -1.04. The van der Waals surface area contributed by atoms with E-state index in [0.717, 1.165) is 4.68 Å². The smallest absolute Gasteiger partial charge is 0.382 e. The van der Waals surface area contributed by atoms with Crippen molar-refractivity contribution >= 4 is 0 Å². The van der Waals surface area contributed by atoms with Gasteiger partial charge in [0.2, 0.25) is 0 Å². The maximum absolute atomic E-state index is 12.0. The van der Waals surface area contributed by atoms with Crippen molar-refractivity contribution in [1.82, 2.24) is 9.78 Å². The molecule has 0 spiro atoms. The maximum Gasteiger partial charge on any atom is 0.416 e. The molecule has 0 aliphatic rings. The Morgan fingerprint density at radius 2 is 2.07 bits per heavy atom. The fourth-order valence-corrected chi connectivity index (χ4v) is 1.13. The Morgan fingerprint density at radius 1 is 1.50 bits per heavy atom. The van der Waals surface area contributed by atoms with E-state index in [1.165, 1.54) is 0 Å². The van der Waals surface area contributed by atoms with Gasteiger partial charge < -0.3 is 5.11 Å². The number of hydrogen-bond donors (Lipinski definition) is 1. The summed E-state index contributed by atoms with van der Waals surface area (Å²) in [6.45, 7) is 2.77. The molecule has 1 unspecified atom stereocenters. The van der Waals surface area contributed by atoms with Gasteiger partial charge in [0.05, 0.1) is 12.2 Å². The number of alkyl halides is 3. The molecule has 0 fully saturated rings. The van der Waals surface area contributed by atoms with Crippen LogP contribution < -0.4 is 0 Å². The van der Waals surface area contributed by atoms with Crippen LogP contribution in [0.4, 0.5) is 13.2 Å². The van der Waals surface area contributed by atoms with Crippen LogP contribution in [0.5, 0.6) is 0 Å². The topological polar surface area (TPSA) is 38.0 Å². The van der Waals surface area contributed by atoms with Gasteiger partial charge in [-0.2, -0.15) is 18.3 Å². The molecule has 0 radical (unpaired) electrons. The number of rotatable bonds is 2. The molecule has 0 saturated carbocycles. The summed E-state index contributed by atoms with van der Waals surface area (Å²) in [5, 5.41) is 12.6. The molecule has 3 nitrogen and oxygen atoms in total. The minimum absolute atomic E-state index is 0.552. The second-order valence-electron chi connectivity index (χ2n) is 3.17. The molecule has 0 saturated heterocycles. The second-order valence-corrected chi connectivity index (χ2v) is 3.17. The third kappa shape index (κ3) is 2.47. The summed E-state index contributed by atoms with van der Waals surface area (Å²) >= 11 is 0. The number of aliphatic hydroxyl groups is 1. The lowest BCUT2D eigenvalue weighted by atomic mass is 10.3. The molecule has 0 aliphatic carbocycles. The lowest BCUT2D eigenvalue weighted by Gasteiger charge is -2.15. The molecule has 0 bridgehead atoms. The van der Waals surface area contributed by atoms with E-state index in [2.05, 4.69) is 5.10 Å². The van der Waals surface area contributed by atoms with E-state index in [0.29, 0.717) is 11.4 Å². The van der Waals surface area contributed by atoms with E-state index in [-0.39, 0.29) is 0 Å². The van der Waals surface area contributed by atoms with Gasteiger partial charge in [0.15, 0.2) is 6.10 Å². The zero-order chi connectivity index (χ0) is 10.9. The minimum atomic E-state index is -4.59. The Kier molecular flexibility index (Phi) is 2.84. The molecular formula is C8H11F3N2O. The van der Waals surface area contributed by atoms with Gasteiger partial charge in [-0.05, 0) is 19.9 Å². The molecule has 1 rings (SSSR count). The van der Waals surface area contributed by atoms with Gasteiger partial charge in [0.1, 0.15) is 0 Å². The van der Waals surface area contributed by atoms with Crippen LogP contribution in [-0.4, -0.2) is 27.2 Å². The quantitative estimate of drug-likeness (QED) is 0.798. The lowest BCUT2D eigenvalue weighted by molar-refractivity contribution is -0.208. The largest absolute Gasteiger partial charge is 0.416 e. The van der Waals surface area contributed by atoms with Crippen LogP contribution in [0.15, 0.2) is 6.07 Å². The number of aliphatic hydroxyl groups excluding tert-OH is 1. The summed E-state index contributed by atoms with van der Waals surface area (Å²) in [4.78, 5) is 0. The molecular weight excluding hydrogens is 197 g/mol. The maximum atomic E-state index is 12.0. The van der Waals surface area contributed by atoms with E-state index < -0.39 is 18.8 Å². The van der Waals surface area contributed by atoms with Gasteiger partial charge in [-0.1, -0.05) is 0 Å². The SMILES string of the molecule is Cc1cc(C)n(CC(O)C(F)(F)F)n1. The zero-order valence-electron chi connectivity index (χ0n) is 7.84. The average molecular weight is 208 g/mol. The van der Waals surface area contributed by atoms with E-state index in [1.54, 1.807) is 19.9 Å². The van der Waals surface area contributed by atoms with Crippen molar-refractivity contribution in [3.8, 4) is 0 Å². The standard InChI is InChI=1S/C8H11F3N2O/c1-5-3-6(2)13(12-5)4-7(14)8(9,10)11/h3,7,14H,4H2,1-2H3. The first-order valence-electron chi connectivity index (χ1n) is 4.06. The monoisotopic (exact) mass is 208 g/mol. The van der Waals surface area contributed by atoms with Crippen LogP contribution in [0.25, 0.3) is 0 Å². The highest BCUT2D eigenvalue weighted by atomic mass is 19.4. The highest BCUT2D eigenvalue weighted by Crippen LogP contribution is 2.21.